The Bertz CT molecular complexity index is 189. The Labute approximate surface area is 91.6 Å². The number of nitrogens with one attached hydrogen (secondary N) is 1. The molecule has 0 aromatic carbocycles. The Kier molecular flexibility index (Phi) is 5.34. The summed E-state index contributed by atoms with van der Waals surface area (Å²) in [6.07, 6.45) is 2.05. The minimum atomic E-state index is -0.162. The van der Waals surface area contributed by atoms with Crippen molar-refractivity contribution in [1.82, 2.24) is 10.2 Å². The van der Waals surface area contributed by atoms with Gasteiger partial charge in [-0.2, -0.15) is 11.8 Å². The minimum absolute atomic E-state index is 0.000880. The van der Waals surface area contributed by atoms with Crippen LogP contribution in [-0.2, 0) is 0 Å². The number of urea groups is 1. The molecule has 1 N–H and O–H groups in total. The van der Waals surface area contributed by atoms with Gasteiger partial charge < -0.3 is 10.2 Å². The van der Waals surface area contributed by atoms with Gasteiger partial charge in [-0.3, -0.25) is 0 Å². The number of amides is 2. The van der Waals surface area contributed by atoms with Gasteiger partial charge in [-0.1, -0.05) is 0 Å². The highest BCUT2D eigenvalue weighted by Crippen LogP contribution is 2.06. The van der Waals surface area contributed by atoms with Crippen LogP contribution >= 0.6 is 11.8 Å². The summed E-state index contributed by atoms with van der Waals surface area (Å²) < 4.78 is 0. The highest BCUT2D eigenvalue weighted by Gasteiger charge is 2.19. The van der Waals surface area contributed by atoms with Crippen LogP contribution in [0.4, 0.5) is 4.79 Å². The topological polar surface area (TPSA) is 32.3 Å². The molecule has 0 aliphatic heterocycles. The van der Waals surface area contributed by atoms with Crippen molar-refractivity contribution in [3.63, 3.8) is 0 Å². The van der Waals surface area contributed by atoms with Crippen molar-refractivity contribution >= 4 is 17.8 Å². The Morgan fingerprint density at radius 3 is 2.36 bits per heavy atom. The van der Waals surface area contributed by atoms with Crippen LogP contribution in [0, 0.1) is 0 Å². The number of thioether (sulfide) groups is 1. The summed E-state index contributed by atoms with van der Waals surface area (Å²) in [7, 11) is 1.84. The van der Waals surface area contributed by atoms with E-state index >= 15 is 0 Å². The highest BCUT2D eigenvalue weighted by molar-refractivity contribution is 7.98. The van der Waals surface area contributed by atoms with Crippen molar-refractivity contribution < 1.29 is 4.79 Å². The lowest BCUT2D eigenvalue weighted by Gasteiger charge is -2.29. The smallest absolute Gasteiger partial charge is 0.317 e. The van der Waals surface area contributed by atoms with E-state index in [9.17, 15) is 4.79 Å². The lowest BCUT2D eigenvalue weighted by Crippen LogP contribution is -2.50. The Balaban J connectivity index is 4.12. The van der Waals surface area contributed by atoms with Gasteiger partial charge in [-0.25, -0.2) is 4.79 Å². The third-order valence-electron chi connectivity index (χ3n) is 1.87. The van der Waals surface area contributed by atoms with Crippen LogP contribution in [0.15, 0.2) is 0 Å². The maximum atomic E-state index is 11.7. The van der Waals surface area contributed by atoms with Gasteiger partial charge in [0.25, 0.3) is 0 Å². The zero-order valence-corrected chi connectivity index (χ0v) is 10.9. The zero-order chi connectivity index (χ0) is 11.4. The third kappa shape index (κ3) is 5.37. The number of hydrogen-bond acceptors (Lipinski definition) is 2. The predicted molar refractivity (Wildman–Crippen MR) is 63.9 cm³/mol. The van der Waals surface area contributed by atoms with E-state index in [0.717, 1.165) is 5.75 Å². The summed E-state index contributed by atoms with van der Waals surface area (Å²) in [6.45, 7) is 8.01. The average molecular weight is 218 g/mol. The Morgan fingerprint density at radius 1 is 1.50 bits per heavy atom. The molecule has 0 saturated carbocycles. The van der Waals surface area contributed by atoms with Crippen molar-refractivity contribution in [3.8, 4) is 0 Å². The SMILES string of the molecule is CSCC(C)N(C)C(=O)NC(C)(C)C. The lowest BCUT2D eigenvalue weighted by atomic mass is 10.1. The molecule has 0 spiro atoms. The van der Waals surface area contributed by atoms with E-state index < -0.39 is 0 Å². The summed E-state index contributed by atoms with van der Waals surface area (Å²) in [6, 6.07) is 0.270. The molecule has 0 bridgehead atoms. The van der Waals surface area contributed by atoms with Gasteiger partial charge in [0.15, 0.2) is 0 Å². The molecule has 0 saturated heterocycles. The number of hydrogen-bond donors (Lipinski definition) is 1. The van der Waals surface area contributed by atoms with Gasteiger partial charge in [0.1, 0.15) is 0 Å². The molecule has 14 heavy (non-hydrogen) atoms. The van der Waals surface area contributed by atoms with Gasteiger partial charge in [0.2, 0.25) is 0 Å². The average Bonchev–Trinajstić information content (AvgIpc) is 2.00. The van der Waals surface area contributed by atoms with Crippen LogP contribution < -0.4 is 5.32 Å². The maximum Gasteiger partial charge on any atom is 0.317 e. The highest BCUT2D eigenvalue weighted by atomic mass is 32.2. The van der Waals surface area contributed by atoms with E-state index in [4.69, 9.17) is 0 Å². The Hall–Kier alpha value is -0.380. The standard InChI is InChI=1S/C10H22N2OS/c1-8(7-14-6)12(5)9(13)11-10(2,3)4/h8H,7H2,1-6H3,(H,11,13). The van der Waals surface area contributed by atoms with E-state index in [1.807, 2.05) is 34.1 Å². The fourth-order valence-corrected chi connectivity index (χ4v) is 1.67. The number of rotatable bonds is 3. The van der Waals surface area contributed by atoms with Crippen molar-refractivity contribution in [2.24, 2.45) is 0 Å². The summed E-state index contributed by atoms with van der Waals surface area (Å²) in [4.78, 5) is 13.4. The van der Waals surface area contributed by atoms with Crippen molar-refractivity contribution in [2.45, 2.75) is 39.3 Å². The van der Waals surface area contributed by atoms with Crippen molar-refractivity contribution in [1.29, 1.82) is 0 Å². The zero-order valence-electron chi connectivity index (χ0n) is 10.0. The van der Waals surface area contributed by atoms with Crippen molar-refractivity contribution in [2.75, 3.05) is 19.1 Å². The molecule has 0 aromatic heterocycles. The summed E-state index contributed by atoms with van der Waals surface area (Å²) >= 11 is 1.75. The van der Waals surface area contributed by atoms with Gasteiger partial charge in [0.05, 0.1) is 0 Å². The first-order valence-corrected chi connectivity index (χ1v) is 6.21. The number of nitrogens with zero attached hydrogens (tertiary/aromatic N) is 1. The summed E-state index contributed by atoms with van der Waals surface area (Å²) in [5, 5.41) is 2.94. The summed E-state index contributed by atoms with van der Waals surface area (Å²) in [5.41, 5.74) is -0.162. The first-order chi connectivity index (χ1) is 6.28. The van der Waals surface area contributed by atoms with Crippen LogP contribution in [0.25, 0.3) is 0 Å². The first kappa shape index (κ1) is 13.6. The molecular formula is C10H22N2OS. The molecule has 0 rings (SSSR count). The van der Waals surface area contributed by atoms with Crippen LogP contribution in [-0.4, -0.2) is 41.6 Å². The quantitative estimate of drug-likeness (QED) is 0.787. The molecule has 0 aliphatic rings. The van der Waals surface area contributed by atoms with Crippen LogP contribution in [0.1, 0.15) is 27.7 Å². The van der Waals surface area contributed by atoms with Gasteiger partial charge in [-0.05, 0) is 34.0 Å². The van der Waals surface area contributed by atoms with E-state index in [2.05, 4.69) is 12.2 Å². The fraction of sp³-hybridized carbons (Fsp3) is 0.900. The monoisotopic (exact) mass is 218 g/mol. The largest absolute Gasteiger partial charge is 0.333 e. The molecule has 0 heterocycles. The van der Waals surface area contributed by atoms with E-state index in [1.165, 1.54) is 0 Å². The summed E-state index contributed by atoms with van der Waals surface area (Å²) in [5.74, 6) is 0.966. The minimum Gasteiger partial charge on any atom is -0.333 e. The molecule has 1 atom stereocenters. The second-order valence-corrected chi connectivity index (χ2v) is 5.51. The third-order valence-corrected chi connectivity index (χ3v) is 2.69. The molecule has 2 amide bonds. The van der Waals surface area contributed by atoms with E-state index in [0.29, 0.717) is 0 Å². The second kappa shape index (κ2) is 5.49. The van der Waals surface area contributed by atoms with Crippen LogP contribution in [0.5, 0.6) is 0 Å². The van der Waals surface area contributed by atoms with Gasteiger partial charge >= 0.3 is 6.03 Å². The second-order valence-electron chi connectivity index (χ2n) is 4.60. The Morgan fingerprint density at radius 2 is 2.00 bits per heavy atom. The number of carbonyl (C=O) groups is 1. The van der Waals surface area contributed by atoms with E-state index in [-0.39, 0.29) is 17.6 Å². The molecular weight excluding hydrogens is 196 g/mol. The maximum absolute atomic E-state index is 11.7. The van der Waals surface area contributed by atoms with Gasteiger partial charge in [-0.15, -0.1) is 0 Å². The number of carbonyl (C=O) groups excluding carboxylic acids is 1. The molecule has 1 unspecified atom stereocenters. The molecule has 3 nitrogen and oxygen atoms in total. The normalized spacial score (nSPS) is 13.6. The fourth-order valence-electron chi connectivity index (χ4n) is 0.962. The first-order valence-electron chi connectivity index (χ1n) is 4.82. The molecule has 4 heteroatoms. The van der Waals surface area contributed by atoms with E-state index in [1.54, 1.807) is 16.7 Å². The van der Waals surface area contributed by atoms with Crippen LogP contribution in [0.3, 0.4) is 0 Å². The van der Waals surface area contributed by atoms with Crippen LogP contribution in [0.2, 0.25) is 0 Å². The lowest BCUT2D eigenvalue weighted by molar-refractivity contribution is 0.189. The van der Waals surface area contributed by atoms with Crippen molar-refractivity contribution in [3.05, 3.63) is 0 Å². The molecule has 0 radical (unpaired) electrons. The molecule has 0 fully saturated rings. The van der Waals surface area contributed by atoms with Gasteiger partial charge in [0, 0.05) is 24.4 Å². The molecule has 0 aromatic rings. The predicted octanol–water partition coefficient (Wildman–Crippen LogP) is 2.18. The molecule has 0 aliphatic carbocycles. The molecule has 84 valence electrons.